The number of hydrogen-bond acceptors (Lipinski definition) is 4. The van der Waals surface area contributed by atoms with E-state index in [1.54, 1.807) is 25.2 Å². The fraction of sp³-hybridized carbons (Fsp3) is 0.400. The summed E-state index contributed by atoms with van der Waals surface area (Å²) < 4.78 is 7.74. The van der Waals surface area contributed by atoms with Gasteiger partial charge in [-0.1, -0.05) is 37.8 Å². The van der Waals surface area contributed by atoms with Gasteiger partial charge in [-0.25, -0.2) is 0 Å². The van der Waals surface area contributed by atoms with E-state index in [4.69, 9.17) is 4.74 Å². The lowest BCUT2D eigenvalue weighted by Crippen LogP contribution is -2.22. The highest BCUT2D eigenvalue weighted by molar-refractivity contribution is 6.76. The average molecular weight is 370 g/mol. The molecule has 0 aliphatic heterocycles. The molecule has 138 valence electrons. The van der Waals surface area contributed by atoms with Gasteiger partial charge in [-0.3, -0.25) is 4.79 Å². The molecule has 1 heterocycles. The summed E-state index contributed by atoms with van der Waals surface area (Å²) in [5, 5.41) is 10.3. The minimum Gasteiger partial charge on any atom is -0.382 e. The average Bonchev–Trinajstić information content (AvgIpc) is 2.93. The molecule has 0 aliphatic carbocycles. The normalized spacial score (nSPS) is 12.2. The first kappa shape index (κ1) is 20.0. The molecule has 0 bridgehead atoms. The number of nitrogens with zero attached hydrogens (tertiary/aromatic N) is 3. The lowest BCUT2D eigenvalue weighted by atomic mass is 10.1. The summed E-state index contributed by atoms with van der Waals surface area (Å²) in [5.74, 6) is -0.286. The van der Waals surface area contributed by atoms with Crippen LogP contribution in [0.15, 0.2) is 42.1 Å². The van der Waals surface area contributed by atoms with E-state index in [9.17, 15) is 10.1 Å². The smallest absolute Gasteiger partial charge is 0.221 e. The molecule has 0 aliphatic rings. The lowest BCUT2D eigenvalue weighted by molar-refractivity contribution is 0.0842. The molecule has 0 saturated carbocycles. The number of rotatable bonds is 8. The highest BCUT2D eigenvalue weighted by Gasteiger charge is 2.20. The Morgan fingerprint density at radius 3 is 2.62 bits per heavy atom. The largest absolute Gasteiger partial charge is 0.382 e. The second-order valence-corrected chi connectivity index (χ2v) is 13.4. The van der Waals surface area contributed by atoms with Gasteiger partial charge in [-0.2, -0.15) is 5.26 Å². The van der Waals surface area contributed by atoms with Crippen LogP contribution in [0.25, 0.3) is 10.9 Å². The summed E-state index contributed by atoms with van der Waals surface area (Å²) in [6, 6.07) is 12.7. The first-order chi connectivity index (χ1) is 12.2. The number of ether oxygens (including phenoxy) is 1. The first-order valence-electron chi connectivity index (χ1n) is 8.72. The van der Waals surface area contributed by atoms with Gasteiger partial charge in [0.05, 0.1) is 11.2 Å². The van der Waals surface area contributed by atoms with Crippen molar-refractivity contribution in [3.05, 3.63) is 47.8 Å². The van der Waals surface area contributed by atoms with E-state index in [2.05, 4.69) is 19.6 Å². The van der Waals surface area contributed by atoms with Gasteiger partial charge < -0.3 is 14.2 Å². The molecule has 2 rings (SSSR count). The van der Waals surface area contributed by atoms with E-state index >= 15 is 0 Å². The Hall–Kier alpha value is -2.36. The highest BCUT2D eigenvalue weighted by Crippen LogP contribution is 2.22. The number of carbonyl (C=O) groups excluding carboxylic acids is 1. The molecule has 0 atom stereocenters. The zero-order valence-corrected chi connectivity index (χ0v) is 17.2. The van der Waals surface area contributed by atoms with Gasteiger partial charge in [0.2, 0.25) is 5.78 Å². The molecule has 0 saturated heterocycles. The minimum absolute atomic E-state index is 0.112. The molecule has 26 heavy (non-hydrogen) atoms. The predicted molar refractivity (Wildman–Crippen MR) is 108 cm³/mol. The van der Waals surface area contributed by atoms with E-state index < -0.39 is 8.07 Å². The topological polar surface area (TPSA) is 58.3 Å². The van der Waals surface area contributed by atoms with Crippen LogP contribution in [0.3, 0.4) is 0 Å². The van der Waals surface area contributed by atoms with E-state index in [-0.39, 0.29) is 11.4 Å². The number of carbonyl (C=O) groups is 1. The van der Waals surface area contributed by atoms with Crippen LogP contribution < -0.4 is 0 Å². The van der Waals surface area contributed by atoms with Gasteiger partial charge >= 0.3 is 0 Å². The van der Waals surface area contributed by atoms with Crippen LogP contribution in [0.1, 0.15) is 10.5 Å². The van der Waals surface area contributed by atoms with Crippen molar-refractivity contribution in [1.29, 1.82) is 5.26 Å². The maximum absolute atomic E-state index is 12.9. The van der Waals surface area contributed by atoms with Gasteiger partial charge in [-0.05, 0) is 18.2 Å². The van der Waals surface area contributed by atoms with Crippen molar-refractivity contribution in [1.82, 2.24) is 9.47 Å². The molecule has 0 radical (unpaired) electrons. The zero-order chi connectivity index (χ0) is 19.3. The van der Waals surface area contributed by atoms with E-state index in [0.717, 1.165) is 16.9 Å². The molecular weight excluding hydrogens is 342 g/mol. The van der Waals surface area contributed by atoms with Gasteiger partial charge in [0.25, 0.3) is 0 Å². The molecule has 0 spiro atoms. The summed E-state index contributed by atoms with van der Waals surface area (Å²) in [4.78, 5) is 14.6. The monoisotopic (exact) mass is 369 g/mol. The number of aromatic nitrogens is 1. The maximum atomic E-state index is 12.9. The molecule has 2 aromatic rings. The van der Waals surface area contributed by atoms with Crippen LogP contribution in [0, 0.1) is 11.3 Å². The molecular formula is C20H27N3O2Si. The van der Waals surface area contributed by atoms with Gasteiger partial charge in [-0.15, -0.1) is 0 Å². The Morgan fingerprint density at radius 1 is 1.31 bits per heavy atom. The molecule has 0 N–H and O–H groups in total. The third-order valence-electron chi connectivity index (χ3n) is 4.01. The van der Waals surface area contributed by atoms with E-state index in [1.165, 1.54) is 0 Å². The quantitative estimate of drug-likeness (QED) is 0.231. The Bertz CT molecular complexity index is 854. The van der Waals surface area contributed by atoms with Crippen molar-refractivity contribution in [2.45, 2.75) is 32.4 Å². The number of nitriles is 1. The van der Waals surface area contributed by atoms with Crippen molar-refractivity contribution < 1.29 is 9.53 Å². The third-order valence-corrected chi connectivity index (χ3v) is 5.72. The van der Waals surface area contributed by atoms with Crippen molar-refractivity contribution >= 4 is 24.8 Å². The summed E-state index contributed by atoms with van der Waals surface area (Å²) in [5.41, 5.74) is 1.53. The van der Waals surface area contributed by atoms with Crippen molar-refractivity contribution in [3.8, 4) is 6.07 Å². The van der Waals surface area contributed by atoms with Gasteiger partial charge in [0.1, 0.15) is 18.4 Å². The van der Waals surface area contributed by atoms with Crippen LogP contribution in [-0.4, -0.2) is 44.0 Å². The molecule has 5 nitrogen and oxygen atoms in total. The Morgan fingerprint density at radius 2 is 2.00 bits per heavy atom. The number of ketones is 1. The van der Waals surface area contributed by atoms with Gasteiger partial charge in [0.15, 0.2) is 0 Å². The minimum atomic E-state index is -1.17. The van der Waals surface area contributed by atoms with Crippen molar-refractivity contribution in [2.24, 2.45) is 0 Å². The van der Waals surface area contributed by atoms with Crippen LogP contribution >= 0.6 is 0 Å². The first-order valence-corrected chi connectivity index (χ1v) is 12.4. The summed E-state index contributed by atoms with van der Waals surface area (Å²) in [6.45, 7) is 7.90. The molecule has 0 fully saturated rings. The Kier molecular flexibility index (Phi) is 6.40. The standard InChI is InChI=1S/C20H27N3O2Si/c1-22(2)14-17(13-21)20(24)19-12-16-8-6-7-9-18(16)23(19)15-25-10-11-26(3,4)5/h6-9,12,14H,10-11,15H2,1-5H3/b17-14-. The number of Topliss-reactive ketones (excluding diaryl/α,β-unsaturated/α-hetero) is 1. The number of fused-ring (bicyclic) bond motifs is 1. The fourth-order valence-electron chi connectivity index (χ4n) is 2.61. The molecule has 6 heteroatoms. The fourth-order valence-corrected chi connectivity index (χ4v) is 3.36. The van der Waals surface area contributed by atoms with Gasteiger partial charge in [0, 0.05) is 40.4 Å². The molecule has 1 aromatic heterocycles. The summed E-state index contributed by atoms with van der Waals surface area (Å²) in [6.07, 6.45) is 1.55. The maximum Gasteiger partial charge on any atom is 0.221 e. The molecule has 0 unspecified atom stereocenters. The van der Waals surface area contributed by atoms with Crippen LogP contribution in [-0.2, 0) is 11.5 Å². The molecule has 1 aromatic carbocycles. The Balaban J connectivity index is 2.34. The second-order valence-electron chi connectivity index (χ2n) is 7.81. The summed E-state index contributed by atoms with van der Waals surface area (Å²) >= 11 is 0. The Labute approximate surface area is 156 Å². The number of benzene rings is 1. The number of hydrogen-bond donors (Lipinski definition) is 0. The lowest BCUT2D eigenvalue weighted by Gasteiger charge is -2.16. The van der Waals surface area contributed by atoms with Crippen LogP contribution in [0.2, 0.25) is 25.7 Å². The van der Waals surface area contributed by atoms with Crippen LogP contribution in [0.4, 0.5) is 0 Å². The number of para-hydroxylation sites is 1. The van der Waals surface area contributed by atoms with Crippen LogP contribution in [0.5, 0.6) is 0 Å². The van der Waals surface area contributed by atoms with Crippen molar-refractivity contribution in [3.63, 3.8) is 0 Å². The highest BCUT2D eigenvalue weighted by atomic mass is 28.3. The second kappa shape index (κ2) is 8.34. The zero-order valence-electron chi connectivity index (χ0n) is 16.2. The van der Waals surface area contributed by atoms with E-state index in [1.807, 2.05) is 41.0 Å². The SMILES string of the molecule is CN(C)/C=C(/C#N)C(=O)c1cc2ccccc2n1COCC[Si](C)(C)C. The van der Waals surface area contributed by atoms with Crippen molar-refractivity contribution in [2.75, 3.05) is 20.7 Å². The number of allylic oxidation sites excluding steroid dienone is 1. The third kappa shape index (κ3) is 5.07. The molecule has 0 amide bonds. The predicted octanol–water partition coefficient (Wildman–Crippen LogP) is 4.11. The van der Waals surface area contributed by atoms with E-state index in [0.29, 0.717) is 19.0 Å². The summed E-state index contributed by atoms with van der Waals surface area (Å²) in [7, 11) is 2.41.